The highest BCUT2D eigenvalue weighted by atomic mass is 19.1. The largest absolute Gasteiger partial charge is 0.476 e. The normalized spacial score (nSPS) is 17.5. The molecule has 1 aromatic heterocycles. The highest BCUT2D eigenvalue weighted by molar-refractivity contribution is 5.85. The van der Waals surface area contributed by atoms with Gasteiger partial charge in [-0.3, -0.25) is 0 Å². The Hall–Kier alpha value is -1.49. The zero-order chi connectivity index (χ0) is 11.0. The van der Waals surface area contributed by atoms with E-state index in [1.54, 1.807) is 0 Å². The van der Waals surface area contributed by atoms with Gasteiger partial charge in [-0.05, 0) is 30.4 Å². The molecule has 1 aliphatic rings. The van der Waals surface area contributed by atoms with Crippen LogP contribution in [0.25, 0.3) is 0 Å². The summed E-state index contributed by atoms with van der Waals surface area (Å²) in [7, 11) is 0. The van der Waals surface area contributed by atoms with Crippen LogP contribution in [-0.4, -0.2) is 16.1 Å². The molecule has 1 aliphatic carbocycles. The Bertz CT molecular complexity index is 404. The summed E-state index contributed by atoms with van der Waals surface area (Å²) >= 11 is 0. The molecule has 0 aliphatic heterocycles. The third-order valence-electron chi connectivity index (χ3n) is 2.58. The van der Waals surface area contributed by atoms with Gasteiger partial charge < -0.3 is 10.8 Å². The van der Waals surface area contributed by atoms with E-state index < -0.39 is 17.5 Å². The molecule has 1 fully saturated rings. The molecule has 4 nitrogen and oxygen atoms in total. The van der Waals surface area contributed by atoms with Crippen LogP contribution in [0.3, 0.4) is 0 Å². The number of carboxylic acids is 1. The van der Waals surface area contributed by atoms with Gasteiger partial charge in [0.25, 0.3) is 0 Å². The van der Waals surface area contributed by atoms with Crippen molar-refractivity contribution in [1.29, 1.82) is 0 Å². The summed E-state index contributed by atoms with van der Waals surface area (Å²) in [6.07, 6.45) is 3.43. The van der Waals surface area contributed by atoms with E-state index in [1.165, 1.54) is 12.3 Å². The maximum absolute atomic E-state index is 13.2. The van der Waals surface area contributed by atoms with Gasteiger partial charge in [0.05, 0.1) is 0 Å². The van der Waals surface area contributed by atoms with Crippen molar-refractivity contribution < 1.29 is 14.3 Å². The number of hydrogen-bond acceptors (Lipinski definition) is 3. The number of nitrogens with two attached hydrogens (primary N) is 1. The van der Waals surface area contributed by atoms with Crippen molar-refractivity contribution in [2.24, 2.45) is 11.7 Å². The van der Waals surface area contributed by atoms with Crippen molar-refractivity contribution in [3.63, 3.8) is 0 Å². The van der Waals surface area contributed by atoms with Crippen molar-refractivity contribution in [3.8, 4) is 0 Å². The molecule has 0 unspecified atom stereocenters. The van der Waals surface area contributed by atoms with Crippen LogP contribution in [0.4, 0.5) is 4.39 Å². The lowest BCUT2D eigenvalue weighted by molar-refractivity contribution is 0.0685. The first-order valence-corrected chi connectivity index (χ1v) is 4.74. The van der Waals surface area contributed by atoms with Crippen molar-refractivity contribution in [2.75, 3.05) is 0 Å². The zero-order valence-electron chi connectivity index (χ0n) is 7.98. The number of rotatable bonds is 3. The first kappa shape index (κ1) is 10.0. The molecule has 0 amide bonds. The third-order valence-corrected chi connectivity index (χ3v) is 2.58. The van der Waals surface area contributed by atoms with Crippen LogP contribution in [0.2, 0.25) is 0 Å². The minimum Gasteiger partial charge on any atom is -0.476 e. The van der Waals surface area contributed by atoms with E-state index in [9.17, 15) is 9.18 Å². The molecule has 0 radical (unpaired) electrons. The summed E-state index contributed by atoms with van der Waals surface area (Å²) in [5.41, 5.74) is 5.86. The van der Waals surface area contributed by atoms with E-state index in [4.69, 9.17) is 10.8 Å². The van der Waals surface area contributed by atoms with Crippen LogP contribution in [0.15, 0.2) is 12.3 Å². The minimum absolute atomic E-state index is 0.227. The lowest BCUT2D eigenvalue weighted by Crippen LogP contribution is -2.14. The Morgan fingerprint density at radius 1 is 1.67 bits per heavy atom. The molecule has 15 heavy (non-hydrogen) atoms. The minimum atomic E-state index is -1.36. The Morgan fingerprint density at radius 2 is 2.33 bits per heavy atom. The number of aromatic nitrogens is 1. The molecule has 1 atom stereocenters. The fourth-order valence-corrected chi connectivity index (χ4v) is 1.52. The Balaban J connectivity index is 2.28. The lowest BCUT2D eigenvalue weighted by atomic mass is 10.1. The maximum Gasteiger partial charge on any atom is 0.357 e. The van der Waals surface area contributed by atoms with Crippen molar-refractivity contribution in [1.82, 2.24) is 4.98 Å². The van der Waals surface area contributed by atoms with Gasteiger partial charge in [0, 0.05) is 12.2 Å². The molecule has 0 aromatic carbocycles. The van der Waals surface area contributed by atoms with E-state index in [-0.39, 0.29) is 6.04 Å². The topological polar surface area (TPSA) is 76.2 Å². The lowest BCUT2D eigenvalue weighted by Gasteiger charge is -2.10. The van der Waals surface area contributed by atoms with E-state index in [0.29, 0.717) is 11.5 Å². The van der Waals surface area contributed by atoms with Gasteiger partial charge in [0.1, 0.15) is 0 Å². The van der Waals surface area contributed by atoms with Gasteiger partial charge in [-0.15, -0.1) is 0 Å². The molecular weight excluding hydrogens is 199 g/mol. The van der Waals surface area contributed by atoms with Gasteiger partial charge in [0.15, 0.2) is 11.5 Å². The first-order chi connectivity index (χ1) is 7.09. The zero-order valence-corrected chi connectivity index (χ0v) is 7.98. The highest BCUT2D eigenvalue weighted by Gasteiger charge is 2.30. The molecule has 0 bridgehead atoms. The van der Waals surface area contributed by atoms with Gasteiger partial charge in [-0.1, -0.05) is 0 Å². The molecule has 0 saturated heterocycles. The Labute approximate surface area is 85.9 Å². The summed E-state index contributed by atoms with van der Waals surface area (Å²) in [6, 6.07) is 0.939. The number of pyridine rings is 1. The monoisotopic (exact) mass is 210 g/mol. The Morgan fingerprint density at radius 3 is 2.80 bits per heavy atom. The molecule has 0 spiro atoms. The second-order valence-corrected chi connectivity index (χ2v) is 3.77. The van der Waals surface area contributed by atoms with Crippen molar-refractivity contribution in [2.45, 2.75) is 18.9 Å². The van der Waals surface area contributed by atoms with Crippen LogP contribution in [0.5, 0.6) is 0 Å². The number of halogens is 1. The van der Waals surface area contributed by atoms with Gasteiger partial charge >= 0.3 is 5.97 Å². The van der Waals surface area contributed by atoms with E-state index >= 15 is 0 Å². The predicted molar refractivity (Wildman–Crippen MR) is 50.8 cm³/mol. The summed E-state index contributed by atoms with van der Waals surface area (Å²) in [5, 5.41) is 8.58. The molecular formula is C10H11FN2O2. The summed E-state index contributed by atoms with van der Waals surface area (Å²) in [5.74, 6) is -1.79. The molecule has 1 aromatic rings. The number of carboxylic acid groups (broad SMARTS) is 1. The molecule has 1 heterocycles. The molecule has 80 valence electrons. The molecule has 1 saturated carbocycles. The molecule has 3 N–H and O–H groups in total. The van der Waals surface area contributed by atoms with Crippen LogP contribution in [0.1, 0.15) is 34.9 Å². The van der Waals surface area contributed by atoms with Crippen LogP contribution >= 0.6 is 0 Å². The maximum atomic E-state index is 13.2. The highest BCUT2D eigenvalue weighted by Crippen LogP contribution is 2.39. The quantitative estimate of drug-likeness (QED) is 0.789. The van der Waals surface area contributed by atoms with Gasteiger partial charge in [-0.2, -0.15) is 0 Å². The second kappa shape index (κ2) is 3.58. The number of hydrogen-bond donors (Lipinski definition) is 2. The van der Waals surface area contributed by atoms with Crippen LogP contribution < -0.4 is 5.73 Å². The van der Waals surface area contributed by atoms with Crippen molar-refractivity contribution in [3.05, 3.63) is 29.3 Å². The Kier molecular flexibility index (Phi) is 2.40. The van der Waals surface area contributed by atoms with E-state index in [0.717, 1.165) is 12.8 Å². The molecule has 5 heteroatoms. The van der Waals surface area contributed by atoms with E-state index in [2.05, 4.69) is 4.98 Å². The van der Waals surface area contributed by atoms with Gasteiger partial charge in [-0.25, -0.2) is 14.2 Å². The van der Waals surface area contributed by atoms with Gasteiger partial charge in [0.2, 0.25) is 0 Å². The molecule has 2 rings (SSSR count). The predicted octanol–water partition coefficient (Wildman–Crippen LogP) is 1.33. The average Bonchev–Trinajstić information content (AvgIpc) is 2.99. The summed E-state index contributed by atoms with van der Waals surface area (Å²) in [6.45, 7) is 0. The third kappa shape index (κ3) is 1.97. The van der Waals surface area contributed by atoms with E-state index in [1.807, 2.05) is 0 Å². The summed E-state index contributed by atoms with van der Waals surface area (Å²) < 4.78 is 13.2. The second-order valence-electron chi connectivity index (χ2n) is 3.77. The van der Waals surface area contributed by atoms with Crippen LogP contribution in [-0.2, 0) is 0 Å². The SMILES string of the molecule is N[C@H](c1cnc(C(=O)O)c(F)c1)C1CC1. The standard InChI is InChI=1S/C10H11FN2O2/c11-7-3-6(8(12)5-1-2-5)4-13-9(7)10(14)15/h3-5,8H,1-2,12H2,(H,14,15)/t8-/m0/s1. The number of carbonyl (C=O) groups is 1. The number of aromatic carboxylic acids is 1. The summed E-state index contributed by atoms with van der Waals surface area (Å²) in [4.78, 5) is 14.1. The average molecular weight is 210 g/mol. The number of nitrogens with zero attached hydrogens (tertiary/aromatic N) is 1. The van der Waals surface area contributed by atoms with Crippen molar-refractivity contribution >= 4 is 5.97 Å². The smallest absolute Gasteiger partial charge is 0.357 e. The first-order valence-electron chi connectivity index (χ1n) is 4.74. The van der Waals surface area contributed by atoms with Crippen LogP contribution in [0, 0.1) is 11.7 Å². The fourth-order valence-electron chi connectivity index (χ4n) is 1.52. The fraction of sp³-hybridized carbons (Fsp3) is 0.400.